The van der Waals surface area contributed by atoms with Gasteiger partial charge in [-0.15, -0.1) is 0 Å². The van der Waals surface area contributed by atoms with Crippen molar-refractivity contribution >= 4 is 5.82 Å². The fraction of sp³-hybridized carbons (Fsp3) is 0.118. The summed E-state index contributed by atoms with van der Waals surface area (Å²) in [4.78, 5) is 13.5. The highest BCUT2D eigenvalue weighted by Gasteiger charge is 2.09. The van der Waals surface area contributed by atoms with E-state index in [1.165, 1.54) is 0 Å². The molecular formula is C17H16N4. The summed E-state index contributed by atoms with van der Waals surface area (Å²) in [7, 11) is 1.85. The first-order valence-electron chi connectivity index (χ1n) is 6.81. The monoisotopic (exact) mass is 276 g/mol. The van der Waals surface area contributed by atoms with Gasteiger partial charge in [-0.25, -0.2) is 9.97 Å². The topological polar surface area (TPSA) is 50.7 Å². The zero-order valence-corrected chi connectivity index (χ0v) is 12.0. The van der Waals surface area contributed by atoms with Crippen LogP contribution in [0.25, 0.3) is 22.8 Å². The number of pyridine rings is 1. The Morgan fingerprint density at radius 1 is 0.905 bits per heavy atom. The molecule has 0 aliphatic rings. The molecule has 0 unspecified atom stereocenters. The Bertz CT molecular complexity index is 754. The lowest BCUT2D eigenvalue weighted by Gasteiger charge is -2.08. The second-order valence-electron chi connectivity index (χ2n) is 4.80. The van der Waals surface area contributed by atoms with E-state index in [4.69, 9.17) is 0 Å². The molecule has 3 rings (SSSR count). The van der Waals surface area contributed by atoms with Crippen LogP contribution in [0, 0.1) is 6.92 Å². The van der Waals surface area contributed by atoms with Crippen LogP contribution in [-0.4, -0.2) is 22.0 Å². The first-order chi connectivity index (χ1) is 10.3. The molecule has 0 radical (unpaired) electrons. The smallest absolute Gasteiger partial charge is 0.180 e. The average molecular weight is 276 g/mol. The van der Waals surface area contributed by atoms with Crippen molar-refractivity contribution in [2.75, 3.05) is 12.4 Å². The molecule has 3 aromatic rings. The van der Waals surface area contributed by atoms with Gasteiger partial charge in [0.15, 0.2) is 5.82 Å². The maximum absolute atomic E-state index is 4.65. The number of aromatic nitrogens is 3. The molecule has 0 aliphatic heterocycles. The third-order valence-electron chi connectivity index (χ3n) is 3.20. The van der Waals surface area contributed by atoms with Gasteiger partial charge < -0.3 is 5.32 Å². The van der Waals surface area contributed by atoms with Gasteiger partial charge in [0.05, 0.1) is 5.69 Å². The van der Waals surface area contributed by atoms with Crippen LogP contribution >= 0.6 is 0 Å². The van der Waals surface area contributed by atoms with Gasteiger partial charge in [0.2, 0.25) is 0 Å². The molecule has 0 spiro atoms. The van der Waals surface area contributed by atoms with E-state index in [0.717, 1.165) is 28.3 Å². The molecule has 1 N–H and O–H groups in total. The first kappa shape index (κ1) is 13.2. The Balaban J connectivity index is 2.14. The zero-order chi connectivity index (χ0) is 14.7. The van der Waals surface area contributed by atoms with Gasteiger partial charge in [-0.3, -0.25) is 4.98 Å². The number of benzene rings is 1. The Morgan fingerprint density at radius 3 is 2.43 bits per heavy atom. The summed E-state index contributed by atoms with van der Waals surface area (Å²) >= 11 is 0. The van der Waals surface area contributed by atoms with Crippen LogP contribution < -0.4 is 5.32 Å². The van der Waals surface area contributed by atoms with Crippen molar-refractivity contribution in [3.8, 4) is 22.8 Å². The van der Waals surface area contributed by atoms with E-state index in [-0.39, 0.29) is 0 Å². The summed E-state index contributed by atoms with van der Waals surface area (Å²) in [6, 6.07) is 16.0. The standard InChI is InChI=1S/C17H16N4/c1-12-8-9-19-15(10-12)17-20-14(11-16(18-2)21-17)13-6-4-3-5-7-13/h3-11H,1-2H3,(H,18,20,21). The Morgan fingerprint density at radius 2 is 1.71 bits per heavy atom. The molecule has 2 aromatic heterocycles. The largest absolute Gasteiger partial charge is 0.373 e. The normalized spacial score (nSPS) is 10.4. The molecule has 1 aromatic carbocycles. The maximum Gasteiger partial charge on any atom is 0.180 e. The fourth-order valence-electron chi connectivity index (χ4n) is 2.11. The predicted molar refractivity (Wildman–Crippen MR) is 85.0 cm³/mol. The molecule has 0 saturated heterocycles. The third kappa shape index (κ3) is 2.89. The minimum atomic E-state index is 0.629. The lowest BCUT2D eigenvalue weighted by Crippen LogP contribution is -2.00. The van der Waals surface area contributed by atoms with Gasteiger partial charge in [-0.1, -0.05) is 30.3 Å². The Hall–Kier alpha value is -2.75. The molecule has 0 amide bonds. The number of nitrogens with one attached hydrogen (secondary N) is 1. The molecule has 4 nitrogen and oxygen atoms in total. The van der Waals surface area contributed by atoms with E-state index in [9.17, 15) is 0 Å². The van der Waals surface area contributed by atoms with E-state index in [1.54, 1.807) is 6.20 Å². The molecule has 104 valence electrons. The highest BCUT2D eigenvalue weighted by Crippen LogP contribution is 2.23. The highest BCUT2D eigenvalue weighted by molar-refractivity contribution is 5.66. The quantitative estimate of drug-likeness (QED) is 0.794. The minimum absolute atomic E-state index is 0.629. The number of nitrogens with zero attached hydrogens (tertiary/aromatic N) is 3. The number of rotatable bonds is 3. The molecular weight excluding hydrogens is 260 g/mol. The van der Waals surface area contributed by atoms with Gasteiger partial charge in [0, 0.05) is 24.9 Å². The van der Waals surface area contributed by atoms with Crippen LogP contribution in [0.5, 0.6) is 0 Å². The van der Waals surface area contributed by atoms with Crippen molar-refractivity contribution in [2.24, 2.45) is 0 Å². The van der Waals surface area contributed by atoms with Crippen LogP contribution in [0.1, 0.15) is 5.56 Å². The van der Waals surface area contributed by atoms with Crippen molar-refractivity contribution in [3.63, 3.8) is 0 Å². The number of hydrogen-bond acceptors (Lipinski definition) is 4. The summed E-state index contributed by atoms with van der Waals surface area (Å²) in [6.45, 7) is 2.03. The predicted octanol–water partition coefficient (Wildman–Crippen LogP) is 3.56. The fourth-order valence-corrected chi connectivity index (χ4v) is 2.11. The SMILES string of the molecule is CNc1cc(-c2ccccc2)nc(-c2cc(C)ccn2)n1. The van der Waals surface area contributed by atoms with Gasteiger partial charge >= 0.3 is 0 Å². The summed E-state index contributed by atoms with van der Waals surface area (Å²) in [6.07, 6.45) is 1.78. The van der Waals surface area contributed by atoms with Crippen molar-refractivity contribution < 1.29 is 0 Å². The van der Waals surface area contributed by atoms with Gasteiger partial charge in [0.1, 0.15) is 11.5 Å². The van der Waals surface area contributed by atoms with E-state index < -0.39 is 0 Å². The van der Waals surface area contributed by atoms with Crippen molar-refractivity contribution in [2.45, 2.75) is 6.92 Å². The van der Waals surface area contributed by atoms with Gasteiger partial charge in [-0.2, -0.15) is 0 Å². The molecule has 0 fully saturated rings. The van der Waals surface area contributed by atoms with Crippen LogP contribution in [0.3, 0.4) is 0 Å². The molecule has 0 bridgehead atoms. The lowest BCUT2D eigenvalue weighted by atomic mass is 10.1. The van der Waals surface area contributed by atoms with Crippen LogP contribution in [-0.2, 0) is 0 Å². The number of hydrogen-bond donors (Lipinski definition) is 1. The second kappa shape index (κ2) is 5.71. The van der Waals surface area contributed by atoms with E-state index in [0.29, 0.717) is 5.82 Å². The van der Waals surface area contributed by atoms with Crippen LogP contribution in [0.4, 0.5) is 5.82 Å². The third-order valence-corrected chi connectivity index (χ3v) is 3.20. The van der Waals surface area contributed by atoms with Crippen molar-refractivity contribution in [3.05, 3.63) is 60.3 Å². The summed E-state index contributed by atoms with van der Waals surface area (Å²) in [5.74, 6) is 1.41. The zero-order valence-electron chi connectivity index (χ0n) is 12.0. The lowest BCUT2D eigenvalue weighted by molar-refractivity contribution is 1.13. The van der Waals surface area contributed by atoms with E-state index >= 15 is 0 Å². The maximum atomic E-state index is 4.65. The van der Waals surface area contributed by atoms with Crippen molar-refractivity contribution in [1.82, 2.24) is 15.0 Å². The Kier molecular flexibility index (Phi) is 3.60. The highest BCUT2D eigenvalue weighted by atomic mass is 15.0. The number of aryl methyl sites for hydroxylation is 1. The van der Waals surface area contributed by atoms with E-state index in [1.807, 2.05) is 62.5 Å². The molecule has 0 saturated carbocycles. The molecule has 0 aliphatic carbocycles. The Labute approximate surface area is 123 Å². The molecule has 4 heteroatoms. The summed E-state index contributed by atoms with van der Waals surface area (Å²) in [5.41, 5.74) is 3.86. The minimum Gasteiger partial charge on any atom is -0.373 e. The summed E-state index contributed by atoms with van der Waals surface area (Å²) < 4.78 is 0. The molecule has 21 heavy (non-hydrogen) atoms. The second-order valence-corrected chi connectivity index (χ2v) is 4.80. The molecule has 0 atom stereocenters. The van der Waals surface area contributed by atoms with Gasteiger partial charge in [-0.05, 0) is 24.6 Å². The van der Waals surface area contributed by atoms with Crippen LogP contribution in [0.15, 0.2) is 54.7 Å². The van der Waals surface area contributed by atoms with Crippen LogP contribution in [0.2, 0.25) is 0 Å². The van der Waals surface area contributed by atoms with E-state index in [2.05, 4.69) is 20.3 Å². The summed E-state index contributed by atoms with van der Waals surface area (Å²) in [5, 5.41) is 3.08. The molecule has 2 heterocycles. The van der Waals surface area contributed by atoms with Crippen molar-refractivity contribution in [1.29, 1.82) is 0 Å². The first-order valence-corrected chi connectivity index (χ1v) is 6.81. The van der Waals surface area contributed by atoms with Gasteiger partial charge in [0.25, 0.3) is 0 Å². The average Bonchev–Trinajstić information content (AvgIpc) is 2.55. The number of anilines is 1.